The van der Waals surface area contributed by atoms with Crippen LogP contribution in [0.25, 0.3) is 0 Å². The first-order valence-corrected chi connectivity index (χ1v) is 5.57. The second-order valence-corrected chi connectivity index (χ2v) is 4.07. The van der Waals surface area contributed by atoms with Crippen molar-refractivity contribution in [3.63, 3.8) is 0 Å². The molecule has 0 N–H and O–H groups in total. The third-order valence-corrected chi connectivity index (χ3v) is 2.84. The van der Waals surface area contributed by atoms with Gasteiger partial charge in [-0.1, -0.05) is 29.3 Å². The zero-order valence-electron chi connectivity index (χ0n) is 8.65. The number of carbonyl (C=O) groups is 1. The van der Waals surface area contributed by atoms with E-state index in [9.17, 15) is 4.79 Å². The van der Waals surface area contributed by atoms with E-state index in [-0.39, 0.29) is 12.4 Å². The van der Waals surface area contributed by atoms with Gasteiger partial charge in [-0.25, -0.2) is 4.79 Å². The summed E-state index contributed by atoms with van der Waals surface area (Å²) in [6, 6.07) is 8.23. The first kappa shape index (κ1) is 12.0. The molecule has 0 radical (unpaired) electrons. The van der Waals surface area contributed by atoms with Gasteiger partial charge in [0.2, 0.25) is 5.76 Å². The van der Waals surface area contributed by atoms with E-state index in [0.29, 0.717) is 15.6 Å². The average molecular weight is 271 g/mol. The number of benzene rings is 1. The predicted molar refractivity (Wildman–Crippen MR) is 64.3 cm³/mol. The van der Waals surface area contributed by atoms with Crippen LogP contribution in [-0.2, 0) is 11.3 Å². The topological polar surface area (TPSA) is 39.4 Å². The minimum Gasteiger partial charge on any atom is -0.457 e. The highest BCUT2D eigenvalue weighted by molar-refractivity contribution is 6.35. The number of esters is 1. The molecule has 88 valence electrons. The summed E-state index contributed by atoms with van der Waals surface area (Å²) in [5, 5.41) is 0.925. The van der Waals surface area contributed by atoms with Gasteiger partial charge < -0.3 is 9.15 Å². The first-order valence-electron chi connectivity index (χ1n) is 4.82. The number of halogens is 2. The van der Waals surface area contributed by atoms with Crippen LogP contribution in [0, 0.1) is 0 Å². The summed E-state index contributed by atoms with van der Waals surface area (Å²) >= 11 is 11.9. The molecule has 1 aromatic heterocycles. The Balaban J connectivity index is 2.06. The molecular formula is C12H8Cl2O3. The fourth-order valence-corrected chi connectivity index (χ4v) is 1.78. The molecule has 17 heavy (non-hydrogen) atoms. The lowest BCUT2D eigenvalue weighted by molar-refractivity contribution is 0.0436. The third kappa shape index (κ3) is 2.81. The maximum Gasteiger partial charge on any atom is 0.374 e. The predicted octanol–water partition coefficient (Wildman–Crippen LogP) is 3.94. The fraction of sp³-hybridized carbons (Fsp3) is 0.0833. The summed E-state index contributed by atoms with van der Waals surface area (Å²) in [5.41, 5.74) is 0.579. The third-order valence-electron chi connectivity index (χ3n) is 2.13. The first-order chi connectivity index (χ1) is 8.18. The Kier molecular flexibility index (Phi) is 3.71. The average Bonchev–Trinajstić information content (AvgIpc) is 2.81. The zero-order valence-corrected chi connectivity index (χ0v) is 10.2. The smallest absolute Gasteiger partial charge is 0.374 e. The van der Waals surface area contributed by atoms with Gasteiger partial charge in [-0.15, -0.1) is 0 Å². The van der Waals surface area contributed by atoms with Crippen LogP contribution in [-0.4, -0.2) is 5.97 Å². The molecule has 0 bridgehead atoms. The van der Waals surface area contributed by atoms with Gasteiger partial charge in [0.15, 0.2) is 0 Å². The van der Waals surface area contributed by atoms with E-state index in [1.807, 2.05) is 0 Å². The van der Waals surface area contributed by atoms with Gasteiger partial charge in [0.05, 0.1) is 6.26 Å². The van der Waals surface area contributed by atoms with Gasteiger partial charge in [0, 0.05) is 15.6 Å². The SMILES string of the molecule is O=C(OCc1c(Cl)cccc1Cl)c1ccco1. The van der Waals surface area contributed by atoms with Crippen LogP contribution in [0.5, 0.6) is 0 Å². The van der Waals surface area contributed by atoms with E-state index < -0.39 is 5.97 Å². The van der Waals surface area contributed by atoms with E-state index in [2.05, 4.69) is 0 Å². The van der Waals surface area contributed by atoms with Crippen molar-refractivity contribution in [2.75, 3.05) is 0 Å². The maximum atomic E-state index is 11.5. The number of hydrogen-bond acceptors (Lipinski definition) is 3. The monoisotopic (exact) mass is 270 g/mol. The van der Waals surface area contributed by atoms with Crippen molar-refractivity contribution in [1.82, 2.24) is 0 Å². The molecule has 0 aliphatic carbocycles. The zero-order chi connectivity index (χ0) is 12.3. The normalized spacial score (nSPS) is 10.2. The Hall–Kier alpha value is -1.45. The van der Waals surface area contributed by atoms with E-state index in [0.717, 1.165) is 0 Å². The fourth-order valence-electron chi connectivity index (χ4n) is 1.27. The summed E-state index contributed by atoms with van der Waals surface area (Å²) in [6.45, 7) is 0.0119. The molecule has 0 saturated heterocycles. The molecule has 0 saturated carbocycles. The molecule has 3 nitrogen and oxygen atoms in total. The van der Waals surface area contributed by atoms with Crippen LogP contribution in [0.1, 0.15) is 16.1 Å². The second kappa shape index (κ2) is 5.25. The summed E-state index contributed by atoms with van der Waals surface area (Å²) < 4.78 is 9.94. The molecule has 1 aromatic carbocycles. The van der Waals surface area contributed by atoms with Crippen LogP contribution in [0.15, 0.2) is 41.0 Å². The summed E-state index contributed by atoms with van der Waals surface area (Å²) in [6.07, 6.45) is 1.40. The van der Waals surface area contributed by atoms with E-state index in [1.165, 1.54) is 12.3 Å². The second-order valence-electron chi connectivity index (χ2n) is 3.25. The minimum absolute atomic E-state index is 0.0119. The van der Waals surface area contributed by atoms with Crippen molar-refractivity contribution in [3.8, 4) is 0 Å². The van der Waals surface area contributed by atoms with Crippen LogP contribution in [0.3, 0.4) is 0 Å². The van der Waals surface area contributed by atoms with Crippen molar-refractivity contribution in [1.29, 1.82) is 0 Å². The molecule has 0 fully saturated rings. The lowest BCUT2D eigenvalue weighted by Crippen LogP contribution is -2.04. The van der Waals surface area contributed by atoms with Crippen molar-refractivity contribution < 1.29 is 13.9 Å². The van der Waals surface area contributed by atoms with Gasteiger partial charge in [-0.2, -0.15) is 0 Å². The van der Waals surface area contributed by atoms with E-state index in [4.69, 9.17) is 32.4 Å². The Labute approximate surface area is 108 Å². The Morgan fingerprint density at radius 2 is 1.88 bits per heavy atom. The molecule has 0 unspecified atom stereocenters. The lowest BCUT2D eigenvalue weighted by Gasteiger charge is -2.06. The van der Waals surface area contributed by atoms with E-state index >= 15 is 0 Å². The quantitative estimate of drug-likeness (QED) is 0.793. The molecule has 0 atom stereocenters. The summed E-state index contributed by atoms with van der Waals surface area (Å²) in [7, 11) is 0. The molecular weight excluding hydrogens is 263 g/mol. The highest BCUT2D eigenvalue weighted by Crippen LogP contribution is 2.25. The number of hydrogen-bond donors (Lipinski definition) is 0. The Morgan fingerprint density at radius 1 is 1.18 bits per heavy atom. The molecule has 2 rings (SSSR count). The summed E-state index contributed by atoms with van der Waals surface area (Å²) in [4.78, 5) is 11.5. The standard InChI is InChI=1S/C12H8Cl2O3/c13-9-3-1-4-10(14)8(9)7-17-12(15)11-5-2-6-16-11/h1-6H,7H2. The number of furan rings is 1. The number of rotatable bonds is 3. The molecule has 2 aromatic rings. The molecule has 0 aliphatic rings. The van der Waals surface area contributed by atoms with Gasteiger partial charge in [0.25, 0.3) is 0 Å². The maximum absolute atomic E-state index is 11.5. The highest BCUT2D eigenvalue weighted by Gasteiger charge is 2.12. The molecule has 1 heterocycles. The molecule has 0 spiro atoms. The number of carbonyl (C=O) groups excluding carboxylic acids is 1. The van der Waals surface area contributed by atoms with Crippen LogP contribution in [0.2, 0.25) is 10.0 Å². The van der Waals surface area contributed by atoms with Crippen molar-refractivity contribution in [3.05, 3.63) is 58.0 Å². The van der Waals surface area contributed by atoms with E-state index in [1.54, 1.807) is 24.3 Å². The van der Waals surface area contributed by atoms with Gasteiger partial charge >= 0.3 is 5.97 Å². The van der Waals surface area contributed by atoms with Crippen LogP contribution >= 0.6 is 23.2 Å². The van der Waals surface area contributed by atoms with Crippen LogP contribution in [0.4, 0.5) is 0 Å². The molecule has 5 heteroatoms. The van der Waals surface area contributed by atoms with Gasteiger partial charge in [-0.3, -0.25) is 0 Å². The Bertz CT molecular complexity index is 500. The largest absolute Gasteiger partial charge is 0.457 e. The van der Waals surface area contributed by atoms with Gasteiger partial charge in [-0.05, 0) is 24.3 Å². The lowest BCUT2D eigenvalue weighted by atomic mass is 10.2. The molecule has 0 aliphatic heterocycles. The Morgan fingerprint density at radius 3 is 2.47 bits per heavy atom. The number of ether oxygens (including phenoxy) is 1. The van der Waals surface area contributed by atoms with Crippen molar-refractivity contribution in [2.45, 2.75) is 6.61 Å². The highest BCUT2D eigenvalue weighted by atomic mass is 35.5. The summed E-state index contributed by atoms with van der Waals surface area (Å²) in [5.74, 6) is -0.404. The minimum atomic E-state index is -0.550. The van der Waals surface area contributed by atoms with Crippen LogP contribution < -0.4 is 0 Å². The van der Waals surface area contributed by atoms with Gasteiger partial charge in [0.1, 0.15) is 6.61 Å². The van der Waals surface area contributed by atoms with Crippen molar-refractivity contribution >= 4 is 29.2 Å². The van der Waals surface area contributed by atoms with Crippen molar-refractivity contribution in [2.24, 2.45) is 0 Å². The molecule has 0 amide bonds.